The minimum Gasteiger partial charge on any atom is -0.457 e. The van der Waals surface area contributed by atoms with Crippen molar-refractivity contribution in [3.05, 3.63) is 76.9 Å². The van der Waals surface area contributed by atoms with Crippen LogP contribution in [-0.4, -0.2) is 6.09 Å². The van der Waals surface area contributed by atoms with Gasteiger partial charge in [-0.3, -0.25) is 5.32 Å². The summed E-state index contributed by atoms with van der Waals surface area (Å²) in [5, 5.41) is 3.92. The van der Waals surface area contributed by atoms with Gasteiger partial charge in [-0.2, -0.15) is 0 Å². The standard InChI is InChI=1S/C22H19NO3S/c1-13-4-7-21-16(8-13)10-18(27-21)12-25-22(24)23-17-5-6-19-14(2)9-15(3)26-20(19)11-17/h4-11H,3,12H2,1-2H3,(H,23,24). The molecule has 0 aliphatic carbocycles. The van der Waals surface area contributed by atoms with E-state index in [2.05, 4.69) is 43.1 Å². The number of anilines is 1. The summed E-state index contributed by atoms with van der Waals surface area (Å²) in [5.74, 6) is 1.26. The number of nitrogens with one attached hydrogen (secondary N) is 1. The second-order valence-electron chi connectivity index (χ2n) is 6.56. The van der Waals surface area contributed by atoms with E-state index in [9.17, 15) is 4.79 Å². The van der Waals surface area contributed by atoms with Crippen LogP contribution < -0.4 is 10.1 Å². The van der Waals surface area contributed by atoms with Crippen LogP contribution in [0.5, 0.6) is 5.75 Å². The van der Waals surface area contributed by atoms with Crippen LogP contribution in [0.3, 0.4) is 0 Å². The molecular formula is C22H19NO3S. The molecule has 2 aromatic carbocycles. The van der Waals surface area contributed by atoms with Gasteiger partial charge in [-0.25, -0.2) is 4.79 Å². The highest BCUT2D eigenvalue weighted by Crippen LogP contribution is 2.34. The van der Waals surface area contributed by atoms with Crippen molar-refractivity contribution in [2.75, 3.05) is 5.32 Å². The maximum Gasteiger partial charge on any atom is 0.411 e. The zero-order valence-corrected chi connectivity index (χ0v) is 16.0. The summed E-state index contributed by atoms with van der Waals surface area (Å²) < 4.78 is 12.2. The number of benzene rings is 2. The predicted molar refractivity (Wildman–Crippen MR) is 110 cm³/mol. The molecule has 1 aliphatic heterocycles. The van der Waals surface area contributed by atoms with Crippen LogP contribution in [0.4, 0.5) is 10.5 Å². The fraction of sp³-hybridized carbons (Fsp3) is 0.136. The second kappa shape index (κ2) is 6.93. The van der Waals surface area contributed by atoms with E-state index in [0.29, 0.717) is 17.2 Å². The van der Waals surface area contributed by atoms with Gasteiger partial charge in [-0.15, -0.1) is 11.3 Å². The Morgan fingerprint density at radius 3 is 2.89 bits per heavy atom. The van der Waals surface area contributed by atoms with E-state index in [1.165, 1.54) is 15.6 Å². The highest BCUT2D eigenvalue weighted by atomic mass is 32.1. The number of carbonyl (C=O) groups is 1. The van der Waals surface area contributed by atoms with Crippen LogP contribution in [0.25, 0.3) is 15.7 Å². The van der Waals surface area contributed by atoms with E-state index < -0.39 is 6.09 Å². The maximum absolute atomic E-state index is 12.2. The van der Waals surface area contributed by atoms with Crippen LogP contribution in [0.2, 0.25) is 0 Å². The summed E-state index contributed by atoms with van der Waals surface area (Å²) in [7, 11) is 0. The molecule has 0 saturated carbocycles. The van der Waals surface area contributed by atoms with Gasteiger partial charge in [0.15, 0.2) is 0 Å². The van der Waals surface area contributed by atoms with Gasteiger partial charge in [-0.05, 0) is 55.1 Å². The lowest BCUT2D eigenvalue weighted by Crippen LogP contribution is -2.13. The summed E-state index contributed by atoms with van der Waals surface area (Å²) in [6, 6.07) is 13.9. The fourth-order valence-electron chi connectivity index (χ4n) is 3.08. The minimum absolute atomic E-state index is 0.240. The summed E-state index contributed by atoms with van der Waals surface area (Å²) in [6.07, 6.45) is 1.39. The quantitative estimate of drug-likeness (QED) is 0.585. The molecule has 0 saturated heterocycles. The van der Waals surface area contributed by atoms with E-state index in [-0.39, 0.29) is 6.61 Å². The lowest BCUT2D eigenvalue weighted by Gasteiger charge is -2.18. The molecule has 4 rings (SSSR count). The summed E-state index contributed by atoms with van der Waals surface area (Å²) in [6.45, 7) is 8.14. The first-order valence-electron chi connectivity index (χ1n) is 8.60. The first-order valence-corrected chi connectivity index (χ1v) is 9.42. The summed E-state index contributed by atoms with van der Waals surface area (Å²) >= 11 is 1.63. The Kier molecular flexibility index (Phi) is 4.46. The Morgan fingerprint density at radius 2 is 2.04 bits per heavy atom. The molecule has 0 radical (unpaired) electrons. The molecule has 4 nitrogen and oxygen atoms in total. The highest BCUT2D eigenvalue weighted by Gasteiger charge is 2.15. The highest BCUT2D eigenvalue weighted by molar-refractivity contribution is 7.19. The number of fused-ring (bicyclic) bond motifs is 2. The number of allylic oxidation sites excluding steroid dienone is 2. The molecule has 1 aromatic heterocycles. The molecule has 2 heterocycles. The van der Waals surface area contributed by atoms with Gasteiger partial charge >= 0.3 is 6.09 Å². The van der Waals surface area contributed by atoms with E-state index >= 15 is 0 Å². The van der Waals surface area contributed by atoms with Crippen molar-refractivity contribution < 1.29 is 14.3 Å². The average molecular weight is 377 g/mol. The topological polar surface area (TPSA) is 47.6 Å². The lowest BCUT2D eigenvalue weighted by molar-refractivity contribution is 0.156. The lowest BCUT2D eigenvalue weighted by atomic mass is 10.0. The van der Waals surface area contributed by atoms with Crippen LogP contribution in [0, 0.1) is 6.92 Å². The molecule has 0 fully saturated rings. The van der Waals surface area contributed by atoms with Crippen LogP contribution in [-0.2, 0) is 11.3 Å². The van der Waals surface area contributed by atoms with Gasteiger partial charge in [0.1, 0.15) is 18.1 Å². The smallest absolute Gasteiger partial charge is 0.411 e. The van der Waals surface area contributed by atoms with E-state index in [1.54, 1.807) is 17.4 Å². The number of hydrogen-bond acceptors (Lipinski definition) is 4. The van der Waals surface area contributed by atoms with Crippen LogP contribution >= 0.6 is 11.3 Å². The number of ether oxygens (including phenoxy) is 2. The first-order chi connectivity index (χ1) is 13.0. The maximum atomic E-state index is 12.2. The third-order valence-corrected chi connectivity index (χ3v) is 5.43. The normalized spacial score (nSPS) is 13.0. The third-order valence-electron chi connectivity index (χ3n) is 4.34. The van der Waals surface area contributed by atoms with Gasteiger partial charge in [0.2, 0.25) is 0 Å². The van der Waals surface area contributed by atoms with Gasteiger partial charge < -0.3 is 9.47 Å². The van der Waals surface area contributed by atoms with Crippen molar-refractivity contribution in [1.82, 2.24) is 0 Å². The Labute approximate surface area is 161 Å². The van der Waals surface area contributed by atoms with Crippen molar-refractivity contribution in [2.24, 2.45) is 0 Å². The molecule has 27 heavy (non-hydrogen) atoms. The van der Waals surface area contributed by atoms with E-state index in [0.717, 1.165) is 16.0 Å². The third kappa shape index (κ3) is 3.73. The SMILES string of the molecule is C=C1C=C(C)c2ccc(NC(=O)OCc3cc4cc(C)ccc4s3)cc2O1. The van der Waals surface area contributed by atoms with E-state index in [4.69, 9.17) is 9.47 Å². The number of rotatable bonds is 3. The molecule has 3 aromatic rings. The van der Waals surface area contributed by atoms with Crippen LogP contribution in [0.15, 0.2) is 60.9 Å². The number of hydrogen-bond donors (Lipinski definition) is 1. The average Bonchev–Trinajstić information content (AvgIpc) is 3.01. The zero-order valence-electron chi connectivity index (χ0n) is 15.2. The molecule has 0 spiro atoms. The van der Waals surface area contributed by atoms with Gasteiger partial charge in [0.05, 0.1) is 0 Å². The number of aryl methyl sites for hydroxylation is 1. The van der Waals surface area contributed by atoms with Crippen LogP contribution in [0.1, 0.15) is 22.9 Å². The largest absolute Gasteiger partial charge is 0.457 e. The Morgan fingerprint density at radius 1 is 1.19 bits per heavy atom. The van der Waals surface area contributed by atoms with Crippen molar-refractivity contribution in [3.63, 3.8) is 0 Å². The molecule has 1 aliphatic rings. The first kappa shape index (κ1) is 17.4. The minimum atomic E-state index is -0.495. The Hall–Kier alpha value is -3.05. The van der Waals surface area contributed by atoms with Gasteiger partial charge in [0.25, 0.3) is 0 Å². The second-order valence-corrected chi connectivity index (χ2v) is 7.73. The van der Waals surface area contributed by atoms with Gasteiger partial charge in [-0.1, -0.05) is 24.3 Å². The molecule has 5 heteroatoms. The Balaban J connectivity index is 1.41. The molecule has 0 unspecified atom stereocenters. The summed E-state index contributed by atoms with van der Waals surface area (Å²) in [4.78, 5) is 13.2. The zero-order chi connectivity index (χ0) is 19.0. The molecule has 136 valence electrons. The molecule has 1 amide bonds. The monoisotopic (exact) mass is 377 g/mol. The number of carbonyl (C=O) groups excluding carboxylic acids is 1. The number of amides is 1. The van der Waals surface area contributed by atoms with Gasteiger partial charge in [0, 0.05) is 26.9 Å². The van der Waals surface area contributed by atoms with Crippen molar-refractivity contribution in [2.45, 2.75) is 20.5 Å². The molecule has 1 N–H and O–H groups in total. The Bertz CT molecular complexity index is 1090. The fourth-order valence-corrected chi connectivity index (χ4v) is 4.04. The molecule has 0 bridgehead atoms. The van der Waals surface area contributed by atoms with Crippen molar-refractivity contribution >= 4 is 38.8 Å². The van der Waals surface area contributed by atoms with Crippen molar-refractivity contribution in [3.8, 4) is 5.75 Å². The number of thiophene rings is 1. The predicted octanol–water partition coefficient (Wildman–Crippen LogP) is 6.27. The van der Waals surface area contributed by atoms with Crippen molar-refractivity contribution in [1.29, 1.82) is 0 Å². The molecule has 0 atom stereocenters. The summed E-state index contributed by atoms with van der Waals surface area (Å²) in [5.41, 5.74) is 3.90. The van der Waals surface area contributed by atoms with E-state index in [1.807, 2.05) is 25.1 Å². The molecular weight excluding hydrogens is 358 g/mol.